The fraction of sp³-hybridized carbons (Fsp3) is 0.172. The minimum Gasteiger partial charge on any atom is -0.490 e. The van der Waals surface area contributed by atoms with Gasteiger partial charge in [0.25, 0.3) is 5.91 Å². The minimum absolute atomic E-state index is 0.0252. The molecule has 0 aliphatic rings. The van der Waals surface area contributed by atoms with E-state index in [9.17, 15) is 14.4 Å². The van der Waals surface area contributed by atoms with Gasteiger partial charge < -0.3 is 14.8 Å². The summed E-state index contributed by atoms with van der Waals surface area (Å²) in [5.74, 6) is 0.0885. The van der Waals surface area contributed by atoms with Crippen molar-refractivity contribution in [1.82, 2.24) is 5.32 Å². The predicted molar refractivity (Wildman–Crippen MR) is 134 cm³/mol. The zero-order valence-corrected chi connectivity index (χ0v) is 19.6. The van der Waals surface area contributed by atoms with E-state index >= 15 is 0 Å². The lowest BCUT2D eigenvalue weighted by molar-refractivity contribution is -0.117. The molecule has 1 amide bonds. The molecule has 178 valence electrons. The molecule has 3 aromatic carbocycles. The standard InChI is InChI=1S/C29H27FN2O3/c1-3-10-23-15-22(16-25(18-31)29(33)32-19-21-11-6-5-7-12-21)17-27(34-4-2)28(23)35-20-24-13-8-9-14-26(24)30/h3,5-9,11-17H,1,4,10,19-20H2,2H3,(H,32,33)/b25-16+. The van der Waals surface area contributed by atoms with E-state index in [1.807, 2.05) is 49.4 Å². The van der Waals surface area contributed by atoms with Gasteiger partial charge in [-0.15, -0.1) is 6.58 Å². The van der Waals surface area contributed by atoms with Crippen molar-refractivity contribution >= 4 is 12.0 Å². The van der Waals surface area contributed by atoms with Crippen molar-refractivity contribution in [3.63, 3.8) is 0 Å². The molecule has 0 aliphatic heterocycles. The Balaban J connectivity index is 1.88. The summed E-state index contributed by atoms with van der Waals surface area (Å²) in [6.07, 6.45) is 3.68. The second-order valence-electron chi connectivity index (χ2n) is 7.65. The van der Waals surface area contributed by atoms with Gasteiger partial charge in [0.1, 0.15) is 24.1 Å². The first-order valence-electron chi connectivity index (χ1n) is 11.3. The first-order valence-corrected chi connectivity index (χ1v) is 11.3. The van der Waals surface area contributed by atoms with Crippen molar-refractivity contribution in [2.24, 2.45) is 0 Å². The highest BCUT2D eigenvalue weighted by Gasteiger charge is 2.16. The fourth-order valence-corrected chi connectivity index (χ4v) is 3.45. The van der Waals surface area contributed by atoms with Crippen molar-refractivity contribution in [1.29, 1.82) is 5.26 Å². The van der Waals surface area contributed by atoms with Crippen LogP contribution in [0.25, 0.3) is 6.08 Å². The lowest BCUT2D eigenvalue weighted by Gasteiger charge is -2.17. The van der Waals surface area contributed by atoms with Crippen LogP contribution in [-0.2, 0) is 24.4 Å². The number of hydrogen-bond donors (Lipinski definition) is 1. The number of hydrogen-bond acceptors (Lipinski definition) is 4. The van der Waals surface area contributed by atoms with Crippen LogP contribution >= 0.6 is 0 Å². The second kappa shape index (κ2) is 12.8. The van der Waals surface area contributed by atoms with Gasteiger partial charge in [-0.3, -0.25) is 4.79 Å². The monoisotopic (exact) mass is 470 g/mol. The summed E-state index contributed by atoms with van der Waals surface area (Å²) in [4.78, 5) is 12.6. The van der Waals surface area contributed by atoms with E-state index in [1.54, 1.807) is 30.3 Å². The van der Waals surface area contributed by atoms with E-state index < -0.39 is 5.91 Å². The second-order valence-corrected chi connectivity index (χ2v) is 7.65. The molecule has 0 atom stereocenters. The molecule has 0 aliphatic carbocycles. The number of amides is 1. The first kappa shape index (κ1) is 25.3. The average Bonchev–Trinajstić information content (AvgIpc) is 2.87. The number of ether oxygens (including phenoxy) is 2. The lowest BCUT2D eigenvalue weighted by atomic mass is 10.0. The predicted octanol–water partition coefficient (Wildman–Crippen LogP) is 5.76. The highest BCUT2D eigenvalue weighted by Crippen LogP contribution is 2.35. The van der Waals surface area contributed by atoms with Gasteiger partial charge in [-0.1, -0.05) is 54.6 Å². The summed E-state index contributed by atoms with van der Waals surface area (Å²) in [6, 6.07) is 21.3. The topological polar surface area (TPSA) is 71.4 Å². The summed E-state index contributed by atoms with van der Waals surface area (Å²) >= 11 is 0. The molecule has 1 N–H and O–H groups in total. The van der Waals surface area contributed by atoms with Crippen molar-refractivity contribution in [2.45, 2.75) is 26.5 Å². The van der Waals surface area contributed by atoms with Crippen LogP contribution in [0.2, 0.25) is 0 Å². The van der Waals surface area contributed by atoms with Crippen LogP contribution in [0.3, 0.4) is 0 Å². The van der Waals surface area contributed by atoms with Crippen LogP contribution in [0.4, 0.5) is 4.39 Å². The van der Waals surface area contributed by atoms with Crippen LogP contribution in [0.15, 0.2) is 85.0 Å². The maximum atomic E-state index is 14.1. The van der Waals surface area contributed by atoms with E-state index in [0.29, 0.717) is 42.2 Å². The summed E-state index contributed by atoms with van der Waals surface area (Å²) < 4.78 is 25.9. The molecule has 5 nitrogen and oxygen atoms in total. The summed E-state index contributed by atoms with van der Waals surface area (Å²) in [6.45, 7) is 6.36. The number of allylic oxidation sites excluding steroid dienone is 1. The van der Waals surface area contributed by atoms with Gasteiger partial charge in [0, 0.05) is 17.7 Å². The minimum atomic E-state index is -0.473. The third-order valence-electron chi connectivity index (χ3n) is 5.12. The highest BCUT2D eigenvalue weighted by molar-refractivity contribution is 6.01. The third-order valence-corrected chi connectivity index (χ3v) is 5.12. The molecule has 6 heteroatoms. The van der Waals surface area contributed by atoms with Gasteiger partial charge in [-0.2, -0.15) is 5.26 Å². The Hall–Kier alpha value is -4.37. The zero-order chi connectivity index (χ0) is 25.0. The van der Waals surface area contributed by atoms with Crippen LogP contribution in [0.5, 0.6) is 11.5 Å². The Morgan fingerprint density at radius 1 is 1.09 bits per heavy atom. The molecule has 3 aromatic rings. The van der Waals surface area contributed by atoms with Crippen LogP contribution < -0.4 is 14.8 Å². The quantitative estimate of drug-likeness (QED) is 0.220. The van der Waals surface area contributed by atoms with E-state index in [-0.39, 0.29) is 18.0 Å². The lowest BCUT2D eigenvalue weighted by Crippen LogP contribution is -2.23. The van der Waals surface area contributed by atoms with Crippen LogP contribution in [0.1, 0.15) is 29.2 Å². The van der Waals surface area contributed by atoms with Crippen molar-refractivity contribution in [3.05, 3.63) is 113 Å². The number of halogens is 1. The van der Waals surface area contributed by atoms with Gasteiger partial charge in [0.15, 0.2) is 11.5 Å². The Morgan fingerprint density at radius 2 is 1.83 bits per heavy atom. The Kier molecular flexibility index (Phi) is 9.21. The van der Waals surface area contributed by atoms with Gasteiger partial charge >= 0.3 is 0 Å². The fourth-order valence-electron chi connectivity index (χ4n) is 3.45. The number of nitriles is 1. The van der Waals surface area contributed by atoms with E-state index in [0.717, 1.165) is 11.1 Å². The molecule has 0 saturated heterocycles. The zero-order valence-electron chi connectivity index (χ0n) is 19.6. The molecule has 0 saturated carbocycles. The molecular formula is C29H27FN2O3. The summed E-state index contributed by atoms with van der Waals surface area (Å²) in [5.41, 5.74) is 2.67. The van der Waals surface area contributed by atoms with Crippen LogP contribution in [0, 0.1) is 17.1 Å². The number of carbonyl (C=O) groups is 1. The number of rotatable bonds is 11. The molecule has 35 heavy (non-hydrogen) atoms. The Labute approximate surface area is 205 Å². The van der Waals surface area contributed by atoms with Crippen LogP contribution in [-0.4, -0.2) is 12.5 Å². The highest BCUT2D eigenvalue weighted by atomic mass is 19.1. The van der Waals surface area contributed by atoms with E-state index in [4.69, 9.17) is 9.47 Å². The van der Waals surface area contributed by atoms with Gasteiger partial charge in [-0.05, 0) is 48.7 Å². The maximum Gasteiger partial charge on any atom is 0.262 e. The molecule has 0 radical (unpaired) electrons. The molecule has 0 fully saturated rings. The number of carbonyl (C=O) groups excluding carboxylic acids is 1. The Morgan fingerprint density at radius 3 is 2.51 bits per heavy atom. The van der Waals surface area contributed by atoms with Gasteiger partial charge in [-0.25, -0.2) is 4.39 Å². The molecule has 0 spiro atoms. The maximum absolute atomic E-state index is 14.1. The molecule has 0 heterocycles. The number of benzene rings is 3. The normalized spacial score (nSPS) is 10.8. The summed E-state index contributed by atoms with van der Waals surface area (Å²) in [5, 5.41) is 12.4. The number of nitrogens with zero attached hydrogens (tertiary/aromatic N) is 1. The average molecular weight is 471 g/mol. The molecular weight excluding hydrogens is 443 g/mol. The van der Waals surface area contributed by atoms with Crippen molar-refractivity contribution < 1.29 is 18.7 Å². The van der Waals surface area contributed by atoms with Gasteiger partial charge in [0.05, 0.1) is 6.61 Å². The molecule has 0 unspecified atom stereocenters. The molecule has 0 bridgehead atoms. The summed E-state index contributed by atoms with van der Waals surface area (Å²) in [7, 11) is 0. The van der Waals surface area contributed by atoms with Gasteiger partial charge in [0.2, 0.25) is 0 Å². The number of nitrogens with one attached hydrogen (secondary N) is 1. The Bertz CT molecular complexity index is 1250. The van der Waals surface area contributed by atoms with Crippen molar-refractivity contribution in [2.75, 3.05) is 6.61 Å². The first-order chi connectivity index (χ1) is 17.0. The van der Waals surface area contributed by atoms with E-state index in [2.05, 4.69) is 11.9 Å². The van der Waals surface area contributed by atoms with E-state index in [1.165, 1.54) is 12.1 Å². The largest absolute Gasteiger partial charge is 0.490 e. The van der Waals surface area contributed by atoms with Crippen molar-refractivity contribution in [3.8, 4) is 17.6 Å². The molecule has 0 aromatic heterocycles. The molecule has 3 rings (SSSR count). The SMILES string of the molecule is C=CCc1cc(/C=C(\C#N)C(=O)NCc2ccccc2)cc(OCC)c1OCc1ccccc1F. The smallest absolute Gasteiger partial charge is 0.262 e. The third kappa shape index (κ3) is 7.05.